The van der Waals surface area contributed by atoms with E-state index in [4.69, 9.17) is 9.31 Å². The van der Waals surface area contributed by atoms with Crippen LogP contribution in [0.1, 0.15) is 66.2 Å². The molecule has 3 aliphatic rings. The van der Waals surface area contributed by atoms with E-state index in [0.717, 1.165) is 0 Å². The molecule has 2 nitrogen and oxygen atoms in total. The fourth-order valence-corrected chi connectivity index (χ4v) is 3.64. The summed E-state index contributed by atoms with van der Waals surface area (Å²) < 4.78 is 52.6. The molecule has 3 rings (SSSR count). The largest absolute Gasteiger partial charge is 0.525 e. The molecule has 0 aromatic rings. The van der Waals surface area contributed by atoms with E-state index in [1.807, 2.05) is 27.7 Å². The Labute approximate surface area is 130 Å². The minimum Gasteiger partial charge on any atom is -0.398 e. The minimum atomic E-state index is -2.53. The molecule has 0 amide bonds. The summed E-state index contributed by atoms with van der Waals surface area (Å²) in [4.78, 5) is 0. The van der Waals surface area contributed by atoms with Gasteiger partial charge < -0.3 is 9.31 Å². The lowest BCUT2D eigenvalue weighted by Crippen LogP contribution is -2.41. The Bertz CT molecular complexity index is 478. The summed E-state index contributed by atoms with van der Waals surface area (Å²) in [5.41, 5.74) is -0.906. The third kappa shape index (κ3) is 2.62. The summed E-state index contributed by atoms with van der Waals surface area (Å²) in [7, 11) is -0.956. The quantitative estimate of drug-likeness (QED) is 0.645. The topological polar surface area (TPSA) is 18.5 Å². The Morgan fingerprint density at radius 3 is 1.82 bits per heavy atom. The second-order valence-electron chi connectivity index (χ2n) is 8.25. The van der Waals surface area contributed by atoms with Gasteiger partial charge in [0.2, 0.25) is 5.92 Å². The standard InChI is InChI=1S/C16H24BF3O2/c1-13(2)14(3,4)22-17(21-13)12(18)11-9-15(10-11)5-7-16(19,20)8-6-15/h5-10H2,1-4H3. The number of allylic oxidation sites excluding steroid dienone is 1. The second kappa shape index (κ2) is 4.76. The van der Waals surface area contributed by atoms with Crippen LogP contribution in [0.3, 0.4) is 0 Å². The van der Waals surface area contributed by atoms with Crippen LogP contribution in [0.15, 0.2) is 11.3 Å². The minimum absolute atomic E-state index is 0.0710. The van der Waals surface area contributed by atoms with Gasteiger partial charge in [0.1, 0.15) is 5.73 Å². The van der Waals surface area contributed by atoms with Crippen LogP contribution >= 0.6 is 0 Å². The molecule has 0 radical (unpaired) electrons. The maximum atomic E-state index is 14.6. The highest BCUT2D eigenvalue weighted by atomic mass is 19.3. The van der Waals surface area contributed by atoms with Gasteiger partial charge in [-0.2, -0.15) is 0 Å². The first kappa shape index (κ1) is 16.4. The Hall–Kier alpha value is -0.485. The molecule has 22 heavy (non-hydrogen) atoms. The third-order valence-corrected chi connectivity index (χ3v) is 6.02. The van der Waals surface area contributed by atoms with Crippen molar-refractivity contribution in [3.63, 3.8) is 0 Å². The van der Waals surface area contributed by atoms with E-state index in [9.17, 15) is 13.2 Å². The van der Waals surface area contributed by atoms with Gasteiger partial charge in [0.05, 0.1) is 11.2 Å². The molecule has 0 aromatic carbocycles. The maximum absolute atomic E-state index is 14.6. The van der Waals surface area contributed by atoms with E-state index in [-0.39, 0.29) is 24.0 Å². The van der Waals surface area contributed by atoms with Crippen LogP contribution < -0.4 is 0 Å². The first-order chi connectivity index (χ1) is 9.96. The molecule has 1 aliphatic heterocycles. The molecule has 0 N–H and O–H groups in total. The van der Waals surface area contributed by atoms with Gasteiger partial charge in [-0.25, -0.2) is 13.2 Å². The fourth-order valence-electron chi connectivity index (χ4n) is 3.64. The van der Waals surface area contributed by atoms with Crippen molar-refractivity contribution >= 4 is 7.12 Å². The van der Waals surface area contributed by atoms with E-state index >= 15 is 0 Å². The summed E-state index contributed by atoms with van der Waals surface area (Å²) in [5.74, 6) is -2.53. The molecule has 1 spiro atoms. The van der Waals surface area contributed by atoms with Gasteiger partial charge >= 0.3 is 7.12 Å². The molecule has 6 heteroatoms. The summed E-state index contributed by atoms with van der Waals surface area (Å²) in [6.45, 7) is 7.54. The van der Waals surface area contributed by atoms with Crippen molar-refractivity contribution in [3.05, 3.63) is 11.3 Å². The lowest BCUT2D eigenvalue weighted by Gasteiger charge is -2.48. The lowest BCUT2D eigenvalue weighted by molar-refractivity contribution is -0.0763. The number of hydrogen-bond donors (Lipinski definition) is 0. The van der Waals surface area contributed by atoms with Crippen LogP contribution in [-0.2, 0) is 9.31 Å². The van der Waals surface area contributed by atoms with Gasteiger partial charge in [-0.3, -0.25) is 0 Å². The van der Waals surface area contributed by atoms with Crippen LogP contribution in [0.4, 0.5) is 13.2 Å². The van der Waals surface area contributed by atoms with Crippen molar-refractivity contribution in [1.82, 2.24) is 0 Å². The molecule has 2 saturated carbocycles. The second-order valence-corrected chi connectivity index (χ2v) is 8.25. The van der Waals surface area contributed by atoms with E-state index < -0.39 is 24.2 Å². The molecular formula is C16H24BF3O2. The normalized spacial score (nSPS) is 31.2. The van der Waals surface area contributed by atoms with E-state index in [0.29, 0.717) is 31.3 Å². The molecule has 0 bridgehead atoms. The molecule has 0 atom stereocenters. The molecule has 0 unspecified atom stereocenters. The number of halogens is 3. The van der Waals surface area contributed by atoms with Gasteiger partial charge in [0.25, 0.3) is 0 Å². The number of hydrogen-bond acceptors (Lipinski definition) is 2. The Kier molecular flexibility index (Phi) is 3.54. The zero-order valence-electron chi connectivity index (χ0n) is 13.8. The molecular weight excluding hydrogens is 292 g/mol. The first-order valence-corrected chi connectivity index (χ1v) is 8.06. The summed E-state index contributed by atoms with van der Waals surface area (Å²) >= 11 is 0. The van der Waals surface area contributed by atoms with E-state index in [1.54, 1.807) is 0 Å². The van der Waals surface area contributed by atoms with Crippen LogP contribution in [-0.4, -0.2) is 24.2 Å². The summed E-state index contributed by atoms with van der Waals surface area (Å²) in [6.07, 6.45) is 1.97. The molecule has 2 aliphatic carbocycles. The van der Waals surface area contributed by atoms with Crippen molar-refractivity contribution in [1.29, 1.82) is 0 Å². The van der Waals surface area contributed by atoms with Crippen LogP contribution in [0.5, 0.6) is 0 Å². The molecule has 124 valence electrons. The van der Waals surface area contributed by atoms with Crippen LogP contribution in [0, 0.1) is 5.41 Å². The Morgan fingerprint density at radius 1 is 0.909 bits per heavy atom. The molecule has 1 saturated heterocycles. The van der Waals surface area contributed by atoms with E-state index in [1.165, 1.54) is 0 Å². The van der Waals surface area contributed by atoms with Crippen molar-refractivity contribution in [2.45, 2.75) is 83.3 Å². The van der Waals surface area contributed by atoms with Crippen LogP contribution in [0.2, 0.25) is 0 Å². The van der Waals surface area contributed by atoms with Crippen molar-refractivity contribution < 1.29 is 22.5 Å². The zero-order chi connectivity index (χ0) is 16.4. The monoisotopic (exact) mass is 316 g/mol. The average molecular weight is 316 g/mol. The highest BCUT2D eigenvalue weighted by Crippen LogP contribution is 2.58. The summed E-state index contributed by atoms with van der Waals surface area (Å²) in [5, 5.41) is 0. The van der Waals surface area contributed by atoms with Gasteiger partial charge in [-0.1, -0.05) is 0 Å². The predicted octanol–water partition coefficient (Wildman–Crippen LogP) is 4.83. The van der Waals surface area contributed by atoms with Gasteiger partial charge in [0.15, 0.2) is 0 Å². The van der Waals surface area contributed by atoms with Gasteiger partial charge in [-0.15, -0.1) is 0 Å². The third-order valence-electron chi connectivity index (χ3n) is 6.02. The fraction of sp³-hybridized carbons (Fsp3) is 0.875. The van der Waals surface area contributed by atoms with Crippen LogP contribution in [0.25, 0.3) is 0 Å². The van der Waals surface area contributed by atoms with Crippen molar-refractivity contribution in [3.8, 4) is 0 Å². The Balaban J connectivity index is 1.66. The molecule has 3 fully saturated rings. The Morgan fingerprint density at radius 2 is 1.36 bits per heavy atom. The van der Waals surface area contributed by atoms with Crippen molar-refractivity contribution in [2.75, 3.05) is 0 Å². The molecule has 1 heterocycles. The number of rotatable bonds is 1. The van der Waals surface area contributed by atoms with Gasteiger partial charge in [-0.05, 0) is 64.4 Å². The average Bonchev–Trinajstić information content (AvgIpc) is 2.56. The lowest BCUT2D eigenvalue weighted by atomic mass is 9.56. The predicted molar refractivity (Wildman–Crippen MR) is 79.3 cm³/mol. The van der Waals surface area contributed by atoms with Crippen molar-refractivity contribution in [2.24, 2.45) is 5.41 Å². The maximum Gasteiger partial charge on any atom is 0.525 e. The number of alkyl halides is 2. The first-order valence-electron chi connectivity index (χ1n) is 8.06. The van der Waals surface area contributed by atoms with Gasteiger partial charge in [0, 0.05) is 12.8 Å². The highest BCUT2D eigenvalue weighted by molar-refractivity contribution is 6.53. The van der Waals surface area contributed by atoms with E-state index in [2.05, 4.69) is 0 Å². The smallest absolute Gasteiger partial charge is 0.398 e. The zero-order valence-corrected chi connectivity index (χ0v) is 13.8. The summed E-state index contributed by atoms with van der Waals surface area (Å²) in [6, 6.07) is 0. The SMILES string of the molecule is CC1(C)OB(C(F)=C2CC3(CCC(F)(F)CC3)C2)OC1(C)C. The highest BCUT2D eigenvalue weighted by Gasteiger charge is 2.56. The molecule has 0 aromatic heterocycles.